The maximum absolute atomic E-state index is 11.4. The highest BCUT2D eigenvalue weighted by atomic mass is 16.4. The van der Waals surface area contributed by atoms with E-state index >= 15 is 0 Å². The lowest BCUT2D eigenvalue weighted by Crippen LogP contribution is -2.38. The topological polar surface area (TPSA) is 92.4 Å². The number of nitrogens with one attached hydrogen (secondary N) is 1. The molecule has 0 aliphatic heterocycles. The van der Waals surface area contributed by atoms with Crippen LogP contribution in [0.4, 0.5) is 5.69 Å². The van der Waals surface area contributed by atoms with E-state index in [4.69, 9.17) is 10.8 Å². The van der Waals surface area contributed by atoms with Crippen molar-refractivity contribution >= 4 is 17.6 Å². The molecule has 92 valence electrons. The third-order valence-electron chi connectivity index (χ3n) is 2.37. The van der Waals surface area contributed by atoms with Gasteiger partial charge < -0.3 is 16.2 Å². The Morgan fingerprint density at radius 2 is 1.94 bits per heavy atom. The van der Waals surface area contributed by atoms with Crippen molar-refractivity contribution in [3.8, 4) is 0 Å². The van der Waals surface area contributed by atoms with Gasteiger partial charge in [0.1, 0.15) is 6.04 Å². The molecule has 17 heavy (non-hydrogen) atoms. The first-order valence-electron chi connectivity index (χ1n) is 5.35. The van der Waals surface area contributed by atoms with Gasteiger partial charge in [-0.1, -0.05) is 12.1 Å². The molecule has 1 aromatic carbocycles. The van der Waals surface area contributed by atoms with Crippen molar-refractivity contribution in [2.45, 2.75) is 25.8 Å². The predicted octanol–water partition coefficient (Wildman–Crippen LogP) is 0.791. The molecule has 0 spiro atoms. The van der Waals surface area contributed by atoms with Crippen LogP contribution in [0, 0.1) is 0 Å². The van der Waals surface area contributed by atoms with Crippen LogP contribution in [-0.2, 0) is 16.0 Å². The molecular weight excluding hydrogens is 220 g/mol. The number of aliphatic carboxylic acids is 1. The third-order valence-corrected chi connectivity index (χ3v) is 2.37. The number of hydrogen-bond acceptors (Lipinski definition) is 3. The SMILES string of the molecule is C[C@H](NC(=O)CCc1ccc(N)cc1)C(=O)O. The second-order valence-electron chi connectivity index (χ2n) is 3.87. The van der Waals surface area contributed by atoms with E-state index in [1.807, 2.05) is 12.1 Å². The van der Waals surface area contributed by atoms with E-state index in [-0.39, 0.29) is 12.3 Å². The lowest BCUT2D eigenvalue weighted by Gasteiger charge is -2.09. The second kappa shape index (κ2) is 5.89. The average molecular weight is 236 g/mol. The van der Waals surface area contributed by atoms with Gasteiger partial charge in [0.05, 0.1) is 0 Å². The zero-order valence-corrected chi connectivity index (χ0v) is 9.64. The monoisotopic (exact) mass is 236 g/mol. The van der Waals surface area contributed by atoms with E-state index in [9.17, 15) is 9.59 Å². The minimum absolute atomic E-state index is 0.265. The van der Waals surface area contributed by atoms with Gasteiger partial charge in [-0.3, -0.25) is 9.59 Å². The van der Waals surface area contributed by atoms with Crippen molar-refractivity contribution in [1.29, 1.82) is 0 Å². The minimum Gasteiger partial charge on any atom is -0.480 e. The van der Waals surface area contributed by atoms with E-state index in [1.54, 1.807) is 12.1 Å². The molecule has 4 N–H and O–H groups in total. The lowest BCUT2D eigenvalue weighted by molar-refractivity contribution is -0.141. The molecule has 0 bridgehead atoms. The quantitative estimate of drug-likeness (QED) is 0.659. The molecule has 0 aliphatic rings. The molecule has 1 amide bonds. The first-order valence-corrected chi connectivity index (χ1v) is 5.35. The molecule has 0 aromatic heterocycles. The highest BCUT2D eigenvalue weighted by molar-refractivity contribution is 5.83. The van der Waals surface area contributed by atoms with Gasteiger partial charge in [0.2, 0.25) is 5.91 Å². The van der Waals surface area contributed by atoms with Gasteiger partial charge in [-0.25, -0.2) is 0 Å². The van der Waals surface area contributed by atoms with Gasteiger partial charge in [-0.05, 0) is 31.0 Å². The summed E-state index contributed by atoms with van der Waals surface area (Å²) in [7, 11) is 0. The van der Waals surface area contributed by atoms with Crippen molar-refractivity contribution in [1.82, 2.24) is 5.32 Å². The first-order chi connectivity index (χ1) is 7.99. The summed E-state index contributed by atoms with van der Waals surface area (Å²) in [6.45, 7) is 1.43. The van der Waals surface area contributed by atoms with Crippen LogP contribution in [0.1, 0.15) is 18.9 Å². The van der Waals surface area contributed by atoms with Crippen molar-refractivity contribution in [2.24, 2.45) is 0 Å². The third kappa shape index (κ3) is 4.55. The molecule has 0 unspecified atom stereocenters. The van der Waals surface area contributed by atoms with E-state index in [0.717, 1.165) is 5.56 Å². The lowest BCUT2D eigenvalue weighted by atomic mass is 10.1. The van der Waals surface area contributed by atoms with Crippen LogP contribution < -0.4 is 11.1 Å². The van der Waals surface area contributed by atoms with Gasteiger partial charge >= 0.3 is 5.97 Å². The van der Waals surface area contributed by atoms with Crippen molar-refractivity contribution in [3.63, 3.8) is 0 Å². The second-order valence-corrected chi connectivity index (χ2v) is 3.87. The Balaban J connectivity index is 2.38. The van der Waals surface area contributed by atoms with Crippen LogP contribution in [0.3, 0.4) is 0 Å². The van der Waals surface area contributed by atoms with Crippen LogP contribution in [0.25, 0.3) is 0 Å². The largest absolute Gasteiger partial charge is 0.480 e. The number of amides is 1. The molecule has 0 heterocycles. The average Bonchev–Trinajstić information content (AvgIpc) is 2.28. The number of carbonyl (C=O) groups excluding carboxylic acids is 1. The van der Waals surface area contributed by atoms with Crippen LogP contribution in [-0.4, -0.2) is 23.0 Å². The normalized spacial score (nSPS) is 11.8. The van der Waals surface area contributed by atoms with Crippen LogP contribution in [0.15, 0.2) is 24.3 Å². The Labute approximate surface area is 99.6 Å². The molecule has 0 saturated carbocycles. The fourth-order valence-electron chi connectivity index (χ4n) is 1.32. The summed E-state index contributed by atoms with van der Waals surface area (Å²) in [5.74, 6) is -1.30. The van der Waals surface area contributed by atoms with Crippen molar-refractivity contribution in [2.75, 3.05) is 5.73 Å². The highest BCUT2D eigenvalue weighted by Crippen LogP contribution is 2.07. The Hall–Kier alpha value is -2.04. The smallest absolute Gasteiger partial charge is 0.325 e. The summed E-state index contributed by atoms with van der Waals surface area (Å²) in [6.07, 6.45) is 0.833. The fraction of sp³-hybridized carbons (Fsp3) is 0.333. The van der Waals surface area contributed by atoms with Crippen molar-refractivity contribution in [3.05, 3.63) is 29.8 Å². The van der Waals surface area contributed by atoms with Crippen LogP contribution >= 0.6 is 0 Å². The number of nitrogens with two attached hydrogens (primary N) is 1. The summed E-state index contributed by atoms with van der Waals surface area (Å²) in [5.41, 5.74) is 7.21. The molecule has 5 nitrogen and oxygen atoms in total. The van der Waals surface area contributed by atoms with Gasteiger partial charge in [-0.2, -0.15) is 0 Å². The number of anilines is 1. The van der Waals surface area contributed by atoms with E-state index in [2.05, 4.69) is 5.32 Å². The number of carbonyl (C=O) groups is 2. The summed E-state index contributed by atoms with van der Waals surface area (Å²) in [6, 6.07) is 6.39. The van der Waals surface area contributed by atoms with E-state index in [0.29, 0.717) is 12.1 Å². The van der Waals surface area contributed by atoms with Crippen LogP contribution in [0.5, 0.6) is 0 Å². The zero-order valence-electron chi connectivity index (χ0n) is 9.64. The van der Waals surface area contributed by atoms with E-state index in [1.165, 1.54) is 6.92 Å². The Bertz CT molecular complexity index is 401. The number of aryl methyl sites for hydroxylation is 1. The number of hydrogen-bond donors (Lipinski definition) is 3. The molecule has 1 aromatic rings. The number of benzene rings is 1. The number of nitrogen functional groups attached to an aromatic ring is 1. The zero-order chi connectivity index (χ0) is 12.8. The fourth-order valence-corrected chi connectivity index (χ4v) is 1.32. The van der Waals surface area contributed by atoms with Gasteiger partial charge in [0.15, 0.2) is 0 Å². The molecule has 0 fully saturated rings. The first kappa shape index (κ1) is 13.0. The maximum Gasteiger partial charge on any atom is 0.325 e. The van der Waals surface area contributed by atoms with Gasteiger partial charge in [-0.15, -0.1) is 0 Å². The minimum atomic E-state index is -1.04. The molecule has 5 heteroatoms. The summed E-state index contributed by atoms with van der Waals surface area (Å²) in [4.78, 5) is 21.9. The Morgan fingerprint density at radius 1 is 1.35 bits per heavy atom. The predicted molar refractivity (Wildman–Crippen MR) is 64.4 cm³/mol. The highest BCUT2D eigenvalue weighted by Gasteiger charge is 2.13. The molecule has 1 rings (SSSR count). The molecule has 0 aliphatic carbocycles. The Kier molecular flexibility index (Phi) is 4.51. The standard InChI is InChI=1S/C12H16N2O3/c1-8(12(16)17)14-11(15)7-4-9-2-5-10(13)6-3-9/h2-3,5-6,8H,4,7,13H2,1H3,(H,14,15)(H,16,17)/t8-/m0/s1. The molecular formula is C12H16N2O3. The number of carboxylic acid groups (broad SMARTS) is 1. The summed E-state index contributed by atoms with van der Waals surface area (Å²) >= 11 is 0. The molecule has 1 atom stereocenters. The van der Waals surface area contributed by atoms with Gasteiger partial charge in [0, 0.05) is 12.1 Å². The summed E-state index contributed by atoms with van der Waals surface area (Å²) in [5, 5.41) is 11.0. The number of rotatable bonds is 5. The Morgan fingerprint density at radius 3 is 2.47 bits per heavy atom. The number of carboxylic acids is 1. The van der Waals surface area contributed by atoms with E-state index < -0.39 is 12.0 Å². The molecule has 0 radical (unpaired) electrons. The van der Waals surface area contributed by atoms with Crippen molar-refractivity contribution < 1.29 is 14.7 Å². The molecule has 0 saturated heterocycles. The summed E-state index contributed by atoms with van der Waals surface area (Å²) < 4.78 is 0. The van der Waals surface area contributed by atoms with Crippen LogP contribution in [0.2, 0.25) is 0 Å². The van der Waals surface area contributed by atoms with Gasteiger partial charge in [0.25, 0.3) is 0 Å². The maximum atomic E-state index is 11.4.